The standard InChI is InChI=1S/C10H8BrFN2O/c11-9-3-7(1-2-10(9)12)5-14-6-8(15)4-13-14/h1-4,6,15H,5H2. The Hall–Kier alpha value is -1.36. The molecule has 0 atom stereocenters. The molecule has 2 aromatic rings. The van der Waals surface area contributed by atoms with Gasteiger partial charge in [-0.15, -0.1) is 0 Å². The van der Waals surface area contributed by atoms with Gasteiger partial charge < -0.3 is 5.11 Å². The summed E-state index contributed by atoms with van der Waals surface area (Å²) in [6.07, 6.45) is 2.87. The molecule has 0 bridgehead atoms. The third-order valence-corrected chi connectivity index (χ3v) is 2.56. The lowest BCUT2D eigenvalue weighted by Gasteiger charge is -2.02. The number of hydrogen-bond acceptors (Lipinski definition) is 2. The second-order valence-corrected chi connectivity index (χ2v) is 4.00. The van der Waals surface area contributed by atoms with Gasteiger partial charge >= 0.3 is 0 Å². The van der Waals surface area contributed by atoms with Gasteiger partial charge in [0.15, 0.2) is 5.75 Å². The third-order valence-electron chi connectivity index (χ3n) is 1.95. The van der Waals surface area contributed by atoms with Crippen molar-refractivity contribution in [2.24, 2.45) is 0 Å². The fraction of sp³-hybridized carbons (Fsp3) is 0.100. The predicted molar refractivity (Wildman–Crippen MR) is 57.1 cm³/mol. The maximum atomic E-state index is 12.9. The Morgan fingerprint density at radius 2 is 2.27 bits per heavy atom. The summed E-state index contributed by atoms with van der Waals surface area (Å²) in [7, 11) is 0. The maximum Gasteiger partial charge on any atom is 0.153 e. The zero-order valence-corrected chi connectivity index (χ0v) is 9.28. The lowest BCUT2D eigenvalue weighted by Crippen LogP contribution is -1.99. The minimum absolute atomic E-state index is 0.121. The molecule has 1 aromatic heterocycles. The summed E-state index contributed by atoms with van der Waals surface area (Å²) in [5.41, 5.74) is 0.909. The van der Waals surface area contributed by atoms with Crippen molar-refractivity contribution >= 4 is 15.9 Å². The number of rotatable bonds is 2. The van der Waals surface area contributed by atoms with Gasteiger partial charge in [-0.05, 0) is 33.6 Å². The Bertz CT molecular complexity index is 484. The summed E-state index contributed by atoms with van der Waals surface area (Å²) < 4.78 is 14.9. The Kier molecular flexibility index (Phi) is 2.73. The molecule has 5 heteroatoms. The van der Waals surface area contributed by atoms with Crippen LogP contribution in [0.5, 0.6) is 5.75 Å². The van der Waals surface area contributed by atoms with E-state index >= 15 is 0 Å². The van der Waals surface area contributed by atoms with Crippen LogP contribution in [0, 0.1) is 5.82 Å². The first-order chi connectivity index (χ1) is 7.15. The Labute approximate surface area is 94.3 Å². The molecule has 0 aliphatic rings. The van der Waals surface area contributed by atoms with Gasteiger partial charge in [0.2, 0.25) is 0 Å². The van der Waals surface area contributed by atoms with Gasteiger partial charge in [-0.3, -0.25) is 4.68 Å². The van der Waals surface area contributed by atoms with Gasteiger partial charge in [0, 0.05) is 0 Å². The highest BCUT2D eigenvalue weighted by atomic mass is 79.9. The Morgan fingerprint density at radius 1 is 1.47 bits per heavy atom. The molecular weight excluding hydrogens is 263 g/mol. The molecule has 78 valence electrons. The molecule has 0 aliphatic heterocycles. The fourth-order valence-corrected chi connectivity index (χ4v) is 1.69. The largest absolute Gasteiger partial charge is 0.505 e. The van der Waals surface area contributed by atoms with Crippen molar-refractivity contribution in [3.8, 4) is 5.75 Å². The highest BCUT2D eigenvalue weighted by Gasteiger charge is 2.02. The smallest absolute Gasteiger partial charge is 0.153 e. The number of aromatic nitrogens is 2. The maximum absolute atomic E-state index is 12.9. The van der Waals surface area contributed by atoms with Crippen LogP contribution in [0.2, 0.25) is 0 Å². The van der Waals surface area contributed by atoms with Crippen molar-refractivity contribution in [2.45, 2.75) is 6.54 Å². The van der Waals surface area contributed by atoms with Crippen LogP contribution in [0.3, 0.4) is 0 Å². The van der Waals surface area contributed by atoms with E-state index < -0.39 is 0 Å². The average Bonchev–Trinajstić information content (AvgIpc) is 2.58. The van der Waals surface area contributed by atoms with Crippen LogP contribution in [0.25, 0.3) is 0 Å². The first kappa shape index (κ1) is 10.2. The molecule has 0 unspecified atom stereocenters. The molecule has 0 amide bonds. The molecule has 0 fully saturated rings. The molecule has 0 aliphatic carbocycles. The van der Waals surface area contributed by atoms with Gasteiger partial charge in [-0.2, -0.15) is 5.10 Å². The summed E-state index contributed by atoms with van der Waals surface area (Å²) in [5, 5.41) is 13.0. The van der Waals surface area contributed by atoms with Crippen molar-refractivity contribution in [3.05, 3.63) is 46.4 Å². The topological polar surface area (TPSA) is 38.1 Å². The summed E-state index contributed by atoms with van der Waals surface area (Å²) >= 11 is 3.11. The van der Waals surface area contributed by atoms with E-state index in [0.29, 0.717) is 11.0 Å². The second kappa shape index (κ2) is 4.02. The van der Waals surface area contributed by atoms with E-state index in [1.807, 2.05) is 0 Å². The molecular formula is C10H8BrFN2O. The van der Waals surface area contributed by atoms with E-state index in [9.17, 15) is 4.39 Å². The lowest BCUT2D eigenvalue weighted by molar-refractivity contribution is 0.474. The van der Waals surface area contributed by atoms with Crippen LogP contribution >= 0.6 is 15.9 Å². The number of benzene rings is 1. The highest BCUT2D eigenvalue weighted by Crippen LogP contribution is 2.17. The molecule has 1 heterocycles. The van der Waals surface area contributed by atoms with Gasteiger partial charge in [-0.1, -0.05) is 6.07 Å². The zero-order valence-electron chi connectivity index (χ0n) is 7.69. The molecule has 0 saturated heterocycles. The first-order valence-electron chi connectivity index (χ1n) is 4.30. The van der Waals surface area contributed by atoms with Crippen molar-refractivity contribution in [3.63, 3.8) is 0 Å². The van der Waals surface area contributed by atoms with Crippen LogP contribution in [0.15, 0.2) is 35.1 Å². The molecule has 1 N–H and O–H groups in total. The van der Waals surface area contributed by atoms with E-state index in [1.54, 1.807) is 16.8 Å². The van der Waals surface area contributed by atoms with Gasteiger partial charge in [-0.25, -0.2) is 4.39 Å². The van der Waals surface area contributed by atoms with Gasteiger partial charge in [0.05, 0.1) is 23.4 Å². The number of nitrogens with zero attached hydrogens (tertiary/aromatic N) is 2. The van der Waals surface area contributed by atoms with Crippen molar-refractivity contribution < 1.29 is 9.50 Å². The van der Waals surface area contributed by atoms with Crippen molar-refractivity contribution in [1.29, 1.82) is 0 Å². The molecule has 15 heavy (non-hydrogen) atoms. The molecule has 0 radical (unpaired) electrons. The molecule has 0 spiro atoms. The third kappa shape index (κ3) is 2.36. The van der Waals surface area contributed by atoms with Gasteiger partial charge in [0.25, 0.3) is 0 Å². The molecule has 1 aromatic carbocycles. The van der Waals surface area contributed by atoms with E-state index in [4.69, 9.17) is 5.11 Å². The summed E-state index contributed by atoms with van der Waals surface area (Å²) in [5.74, 6) is -0.168. The number of halogens is 2. The summed E-state index contributed by atoms with van der Waals surface area (Å²) in [6.45, 7) is 0.499. The van der Waals surface area contributed by atoms with Gasteiger partial charge in [0.1, 0.15) is 5.82 Å². The molecule has 2 rings (SSSR count). The SMILES string of the molecule is Oc1cnn(Cc2ccc(F)c(Br)c2)c1. The van der Waals surface area contributed by atoms with Crippen molar-refractivity contribution in [2.75, 3.05) is 0 Å². The van der Waals surface area contributed by atoms with E-state index in [0.717, 1.165) is 5.56 Å². The van der Waals surface area contributed by atoms with Crippen LogP contribution in [-0.4, -0.2) is 14.9 Å². The highest BCUT2D eigenvalue weighted by molar-refractivity contribution is 9.10. The Balaban J connectivity index is 2.21. The van der Waals surface area contributed by atoms with E-state index in [-0.39, 0.29) is 11.6 Å². The normalized spacial score (nSPS) is 10.5. The van der Waals surface area contributed by atoms with Crippen LogP contribution in [0.1, 0.15) is 5.56 Å². The van der Waals surface area contributed by atoms with E-state index in [1.165, 1.54) is 18.5 Å². The number of aromatic hydroxyl groups is 1. The van der Waals surface area contributed by atoms with Crippen molar-refractivity contribution in [1.82, 2.24) is 9.78 Å². The molecule has 3 nitrogen and oxygen atoms in total. The lowest BCUT2D eigenvalue weighted by atomic mass is 10.2. The first-order valence-corrected chi connectivity index (χ1v) is 5.10. The number of hydrogen-bond donors (Lipinski definition) is 1. The second-order valence-electron chi connectivity index (χ2n) is 3.14. The monoisotopic (exact) mass is 270 g/mol. The zero-order chi connectivity index (χ0) is 10.8. The van der Waals surface area contributed by atoms with Crippen LogP contribution < -0.4 is 0 Å². The quantitative estimate of drug-likeness (QED) is 0.911. The van der Waals surface area contributed by atoms with Crippen LogP contribution in [0.4, 0.5) is 4.39 Å². The summed E-state index contributed by atoms with van der Waals surface area (Å²) in [4.78, 5) is 0. The minimum atomic E-state index is -0.290. The van der Waals surface area contributed by atoms with E-state index in [2.05, 4.69) is 21.0 Å². The predicted octanol–water partition coefficient (Wildman–Crippen LogP) is 2.54. The average molecular weight is 271 g/mol. The molecule has 0 saturated carbocycles. The fourth-order valence-electron chi connectivity index (χ4n) is 1.26. The van der Waals surface area contributed by atoms with Crippen LogP contribution in [-0.2, 0) is 6.54 Å². The Morgan fingerprint density at radius 3 is 2.87 bits per heavy atom. The summed E-state index contributed by atoms with van der Waals surface area (Å²) in [6, 6.07) is 4.76. The minimum Gasteiger partial charge on any atom is -0.505 e.